The van der Waals surface area contributed by atoms with Gasteiger partial charge in [-0.3, -0.25) is 9.59 Å². The maximum atomic E-state index is 12.5. The molecule has 1 heterocycles. The van der Waals surface area contributed by atoms with E-state index in [4.69, 9.17) is 5.11 Å². The zero-order chi connectivity index (χ0) is 18.8. The van der Waals surface area contributed by atoms with Gasteiger partial charge in [-0.25, -0.2) is 8.42 Å². The second-order valence-electron chi connectivity index (χ2n) is 6.54. The van der Waals surface area contributed by atoms with Crippen LogP contribution >= 0.6 is 0 Å². The number of amides is 1. The molecule has 0 unspecified atom stereocenters. The second-order valence-corrected chi connectivity index (χ2v) is 8.54. The summed E-state index contributed by atoms with van der Waals surface area (Å²) in [4.78, 5) is 25.2. The zero-order valence-electron chi connectivity index (χ0n) is 14.7. The van der Waals surface area contributed by atoms with Crippen molar-refractivity contribution in [3.63, 3.8) is 0 Å². The van der Waals surface area contributed by atoms with E-state index in [0.717, 1.165) is 0 Å². The predicted molar refractivity (Wildman–Crippen MR) is 92.8 cm³/mol. The molecule has 1 aromatic rings. The molecule has 0 radical (unpaired) electrons. The lowest BCUT2D eigenvalue weighted by atomic mass is 9.96. The van der Waals surface area contributed by atoms with E-state index in [2.05, 4.69) is 0 Å². The minimum atomic E-state index is -3.58. The molecule has 1 aromatic carbocycles. The number of carboxylic acids is 1. The van der Waals surface area contributed by atoms with Crippen molar-refractivity contribution in [2.45, 2.75) is 37.6 Å². The number of sulfonamides is 1. The zero-order valence-corrected chi connectivity index (χ0v) is 15.5. The molecule has 2 rings (SSSR count). The van der Waals surface area contributed by atoms with E-state index in [1.807, 2.05) is 0 Å². The smallest absolute Gasteiger partial charge is 0.306 e. The number of carbonyl (C=O) groups is 2. The normalized spacial score (nSPS) is 16.4. The summed E-state index contributed by atoms with van der Waals surface area (Å²) in [6, 6.07) is 5.72. The van der Waals surface area contributed by atoms with Crippen LogP contribution in [0.15, 0.2) is 29.2 Å². The summed E-state index contributed by atoms with van der Waals surface area (Å²) in [6.07, 6.45) is 0.874. The van der Waals surface area contributed by atoms with Crippen LogP contribution in [0.3, 0.4) is 0 Å². The van der Waals surface area contributed by atoms with Gasteiger partial charge in [0.25, 0.3) is 5.91 Å². The monoisotopic (exact) mass is 368 g/mol. The van der Waals surface area contributed by atoms with Gasteiger partial charge in [0.05, 0.1) is 10.8 Å². The first-order chi connectivity index (χ1) is 11.6. The van der Waals surface area contributed by atoms with Crippen LogP contribution in [0.2, 0.25) is 0 Å². The highest BCUT2D eigenvalue weighted by Gasteiger charge is 2.28. The topological polar surface area (TPSA) is 95.0 Å². The number of rotatable bonds is 5. The molecule has 0 aromatic heterocycles. The highest BCUT2D eigenvalue weighted by Crippen LogP contribution is 2.21. The standard InChI is InChI=1S/C17H24N2O5S/c1-12(2)18(3)25(23,24)15-6-4-13(5-7-15)16(20)19-10-8-14(9-11-19)17(21)22/h4-7,12,14H,8-11H2,1-3H3,(H,21,22). The Balaban J connectivity index is 2.10. The molecule has 0 saturated carbocycles. The van der Waals surface area contributed by atoms with Gasteiger partial charge in [0.2, 0.25) is 10.0 Å². The van der Waals surface area contributed by atoms with Gasteiger partial charge in [-0.15, -0.1) is 0 Å². The quantitative estimate of drug-likeness (QED) is 0.853. The summed E-state index contributed by atoms with van der Waals surface area (Å²) >= 11 is 0. The molecule has 1 amide bonds. The Morgan fingerprint density at radius 1 is 1.16 bits per heavy atom. The molecule has 8 heteroatoms. The first-order valence-electron chi connectivity index (χ1n) is 8.24. The summed E-state index contributed by atoms with van der Waals surface area (Å²) in [7, 11) is -2.06. The number of carboxylic acid groups (broad SMARTS) is 1. The van der Waals surface area contributed by atoms with Gasteiger partial charge in [0.1, 0.15) is 0 Å². The third-order valence-corrected chi connectivity index (χ3v) is 6.68. The molecule has 0 atom stereocenters. The van der Waals surface area contributed by atoms with Crippen molar-refractivity contribution in [3.8, 4) is 0 Å². The van der Waals surface area contributed by atoms with E-state index >= 15 is 0 Å². The first kappa shape index (κ1) is 19.4. The molecule has 1 saturated heterocycles. The maximum absolute atomic E-state index is 12.5. The molecule has 0 bridgehead atoms. The molecule has 138 valence electrons. The molecule has 1 aliphatic heterocycles. The molecule has 25 heavy (non-hydrogen) atoms. The SMILES string of the molecule is CC(C)N(C)S(=O)(=O)c1ccc(C(=O)N2CCC(C(=O)O)CC2)cc1. The number of hydrogen-bond acceptors (Lipinski definition) is 4. The lowest BCUT2D eigenvalue weighted by Gasteiger charge is -2.30. The van der Waals surface area contributed by atoms with Crippen LogP contribution in [0, 0.1) is 5.92 Å². The molecule has 0 spiro atoms. The fourth-order valence-corrected chi connectivity index (χ4v) is 4.09. The van der Waals surface area contributed by atoms with E-state index in [9.17, 15) is 18.0 Å². The average Bonchev–Trinajstić information content (AvgIpc) is 2.60. The molecule has 7 nitrogen and oxygen atoms in total. The second kappa shape index (κ2) is 7.53. The predicted octanol–water partition coefficient (Wildman–Crippen LogP) is 1.65. The number of nitrogens with zero attached hydrogens (tertiary/aromatic N) is 2. The van der Waals surface area contributed by atoms with Gasteiger partial charge in [-0.2, -0.15) is 4.31 Å². The summed E-state index contributed by atoms with van der Waals surface area (Å²) in [6.45, 7) is 4.37. The van der Waals surface area contributed by atoms with Crippen LogP contribution in [-0.2, 0) is 14.8 Å². The van der Waals surface area contributed by atoms with Crippen molar-refractivity contribution in [3.05, 3.63) is 29.8 Å². The van der Waals surface area contributed by atoms with E-state index in [1.165, 1.54) is 35.6 Å². The third kappa shape index (κ3) is 4.19. The summed E-state index contributed by atoms with van der Waals surface area (Å²) in [5.41, 5.74) is 0.403. The van der Waals surface area contributed by atoms with Crippen molar-refractivity contribution in [2.75, 3.05) is 20.1 Å². The van der Waals surface area contributed by atoms with Crippen LogP contribution in [0.4, 0.5) is 0 Å². The molecule has 0 aliphatic carbocycles. The molecule has 1 aliphatic rings. The fraction of sp³-hybridized carbons (Fsp3) is 0.529. The van der Waals surface area contributed by atoms with Crippen LogP contribution < -0.4 is 0 Å². The van der Waals surface area contributed by atoms with Gasteiger partial charge in [-0.05, 0) is 51.0 Å². The molecular weight excluding hydrogens is 344 g/mol. The summed E-state index contributed by atoms with van der Waals surface area (Å²) in [5, 5.41) is 9.01. The summed E-state index contributed by atoms with van der Waals surface area (Å²) < 4.78 is 26.1. The highest BCUT2D eigenvalue weighted by atomic mass is 32.2. The minimum Gasteiger partial charge on any atom is -0.481 e. The van der Waals surface area contributed by atoms with Crippen molar-refractivity contribution < 1.29 is 23.1 Å². The van der Waals surface area contributed by atoms with Gasteiger partial charge < -0.3 is 10.0 Å². The van der Waals surface area contributed by atoms with Crippen molar-refractivity contribution in [1.29, 1.82) is 0 Å². The fourth-order valence-electron chi connectivity index (χ4n) is 2.73. The van der Waals surface area contributed by atoms with E-state index < -0.39 is 21.9 Å². The first-order valence-corrected chi connectivity index (χ1v) is 9.68. The number of aliphatic carboxylic acids is 1. The summed E-state index contributed by atoms with van der Waals surface area (Å²) in [5.74, 6) is -1.43. The van der Waals surface area contributed by atoms with E-state index in [0.29, 0.717) is 31.5 Å². The average molecular weight is 368 g/mol. The lowest BCUT2D eigenvalue weighted by Crippen LogP contribution is -2.40. The molecule has 1 N–H and O–H groups in total. The Labute approximate surface area is 148 Å². The van der Waals surface area contributed by atoms with Gasteiger partial charge >= 0.3 is 5.97 Å². The number of likely N-dealkylation sites (tertiary alicyclic amines) is 1. The Hall–Kier alpha value is -1.93. The number of carbonyl (C=O) groups excluding carboxylic acids is 1. The van der Waals surface area contributed by atoms with E-state index in [1.54, 1.807) is 18.7 Å². The van der Waals surface area contributed by atoms with E-state index in [-0.39, 0.29) is 16.8 Å². The Bertz CT molecular complexity index is 735. The van der Waals surface area contributed by atoms with Crippen LogP contribution in [0.5, 0.6) is 0 Å². The Morgan fingerprint density at radius 2 is 1.68 bits per heavy atom. The lowest BCUT2D eigenvalue weighted by molar-refractivity contribution is -0.143. The highest BCUT2D eigenvalue weighted by molar-refractivity contribution is 7.89. The molecule has 1 fully saturated rings. The minimum absolute atomic E-state index is 0.143. The Morgan fingerprint density at radius 3 is 2.12 bits per heavy atom. The van der Waals surface area contributed by atoms with Crippen LogP contribution in [0.1, 0.15) is 37.0 Å². The number of piperidine rings is 1. The van der Waals surface area contributed by atoms with Crippen molar-refractivity contribution in [1.82, 2.24) is 9.21 Å². The van der Waals surface area contributed by atoms with Crippen LogP contribution in [-0.4, -0.2) is 60.8 Å². The van der Waals surface area contributed by atoms with Crippen LogP contribution in [0.25, 0.3) is 0 Å². The van der Waals surface area contributed by atoms with Crippen molar-refractivity contribution in [2.24, 2.45) is 5.92 Å². The largest absolute Gasteiger partial charge is 0.481 e. The van der Waals surface area contributed by atoms with Crippen molar-refractivity contribution >= 4 is 21.9 Å². The third-order valence-electron chi connectivity index (χ3n) is 4.64. The number of benzene rings is 1. The maximum Gasteiger partial charge on any atom is 0.306 e. The Kier molecular flexibility index (Phi) is 5.84. The number of hydrogen-bond donors (Lipinski definition) is 1. The van der Waals surface area contributed by atoms with Gasteiger partial charge in [0, 0.05) is 31.7 Å². The van der Waals surface area contributed by atoms with Gasteiger partial charge in [-0.1, -0.05) is 0 Å². The molecular formula is C17H24N2O5S. The van der Waals surface area contributed by atoms with Gasteiger partial charge in [0.15, 0.2) is 0 Å².